The van der Waals surface area contributed by atoms with Crippen LogP contribution in [0.25, 0.3) is 0 Å². The number of nitrogens with zero attached hydrogens (tertiary/aromatic N) is 2. The number of likely N-dealkylation sites (tertiary alicyclic amines) is 1. The SMILES string of the molecule is O=C(O[C@H](CO)C(F)(F)F)N1CCC(CN(Cc2ccc(F)cc2)C2CCOCC2)CC1. The zero-order chi connectivity index (χ0) is 23.1. The summed E-state index contributed by atoms with van der Waals surface area (Å²) < 4.78 is 61.4. The van der Waals surface area contributed by atoms with Crippen LogP contribution >= 0.6 is 0 Å². The van der Waals surface area contributed by atoms with Gasteiger partial charge in [-0.25, -0.2) is 9.18 Å². The minimum atomic E-state index is -4.80. The molecule has 180 valence electrons. The van der Waals surface area contributed by atoms with Crippen LogP contribution in [0.3, 0.4) is 0 Å². The lowest BCUT2D eigenvalue weighted by atomic mass is 9.94. The summed E-state index contributed by atoms with van der Waals surface area (Å²) in [6, 6.07) is 6.79. The third-order valence-electron chi connectivity index (χ3n) is 6.15. The first-order chi connectivity index (χ1) is 15.3. The van der Waals surface area contributed by atoms with Gasteiger partial charge < -0.3 is 19.5 Å². The molecule has 10 heteroatoms. The molecule has 32 heavy (non-hydrogen) atoms. The smallest absolute Gasteiger partial charge is 0.427 e. The van der Waals surface area contributed by atoms with Gasteiger partial charge in [0.1, 0.15) is 5.82 Å². The molecule has 2 saturated heterocycles. The van der Waals surface area contributed by atoms with Gasteiger partial charge in [-0.2, -0.15) is 13.2 Å². The van der Waals surface area contributed by atoms with Crippen LogP contribution < -0.4 is 0 Å². The molecular weight excluding hydrogens is 432 g/mol. The van der Waals surface area contributed by atoms with Crippen molar-refractivity contribution in [1.29, 1.82) is 0 Å². The average molecular weight is 462 g/mol. The van der Waals surface area contributed by atoms with Gasteiger partial charge in [-0.05, 0) is 49.3 Å². The van der Waals surface area contributed by atoms with Gasteiger partial charge in [0.25, 0.3) is 0 Å². The maximum Gasteiger partial charge on any atom is 0.427 e. The van der Waals surface area contributed by atoms with Crippen molar-refractivity contribution < 1.29 is 36.9 Å². The van der Waals surface area contributed by atoms with E-state index in [2.05, 4.69) is 9.64 Å². The van der Waals surface area contributed by atoms with Crippen LogP contribution in [-0.2, 0) is 16.0 Å². The summed E-state index contributed by atoms with van der Waals surface area (Å²) in [5.74, 6) is -0.00168. The monoisotopic (exact) mass is 462 g/mol. The van der Waals surface area contributed by atoms with Crippen molar-refractivity contribution in [2.24, 2.45) is 5.92 Å². The Balaban J connectivity index is 1.55. The van der Waals surface area contributed by atoms with Crippen LogP contribution in [0.5, 0.6) is 0 Å². The summed E-state index contributed by atoms with van der Waals surface area (Å²) in [7, 11) is 0. The molecule has 1 aromatic rings. The Hall–Kier alpha value is -1.91. The van der Waals surface area contributed by atoms with Crippen LogP contribution in [0.4, 0.5) is 22.4 Å². The number of benzene rings is 1. The first kappa shape index (κ1) is 24.7. The molecule has 2 heterocycles. The highest BCUT2D eigenvalue weighted by Gasteiger charge is 2.43. The normalized spacial score (nSPS) is 19.9. The summed E-state index contributed by atoms with van der Waals surface area (Å²) in [4.78, 5) is 15.7. The maximum absolute atomic E-state index is 13.3. The molecule has 0 bridgehead atoms. The molecule has 2 aliphatic rings. The number of alkyl halides is 3. The summed E-state index contributed by atoms with van der Waals surface area (Å²) >= 11 is 0. The van der Waals surface area contributed by atoms with Gasteiger partial charge >= 0.3 is 12.3 Å². The van der Waals surface area contributed by atoms with Crippen LogP contribution in [0, 0.1) is 11.7 Å². The largest absolute Gasteiger partial charge is 0.434 e. The van der Waals surface area contributed by atoms with Crippen molar-refractivity contribution in [1.82, 2.24) is 9.80 Å². The van der Waals surface area contributed by atoms with Crippen molar-refractivity contribution in [3.8, 4) is 0 Å². The third-order valence-corrected chi connectivity index (χ3v) is 6.15. The zero-order valence-electron chi connectivity index (χ0n) is 17.9. The van der Waals surface area contributed by atoms with E-state index in [0.717, 1.165) is 24.9 Å². The highest BCUT2D eigenvalue weighted by molar-refractivity contribution is 5.68. The highest BCUT2D eigenvalue weighted by atomic mass is 19.4. The quantitative estimate of drug-likeness (QED) is 0.628. The lowest BCUT2D eigenvalue weighted by Gasteiger charge is -2.39. The third kappa shape index (κ3) is 7.05. The van der Waals surface area contributed by atoms with Gasteiger partial charge in [-0.15, -0.1) is 0 Å². The fraction of sp³-hybridized carbons (Fsp3) is 0.682. The van der Waals surface area contributed by atoms with E-state index in [-0.39, 0.29) is 11.7 Å². The van der Waals surface area contributed by atoms with Gasteiger partial charge in [0.05, 0.1) is 6.61 Å². The van der Waals surface area contributed by atoms with Crippen LogP contribution in [-0.4, -0.2) is 78.8 Å². The van der Waals surface area contributed by atoms with Crippen molar-refractivity contribution in [2.45, 2.75) is 50.6 Å². The number of ether oxygens (including phenoxy) is 2. The second-order valence-electron chi connectivity index (χ2n) is 8.43. The molecule has 0 unspecified atom stereocenters. The number of aliphatic hydroxyl groups is 1. The number of halogens is 4. The van der Waals surface area contributed by atoms with Crippen molar-refractivity contribution in [3.05, 3.63) is 35.6 Å². The summed E-state index contributed by atoms with van der Waals surface area (Å²) in [6.07, 6.45) is -5.24. The maximum atomic E-state index is 13.3. The number of hydrogen-bond acceptors (Lipinski definition) is 5. The molecule has 0 spiro atoms. The Morgan fingerprint density at radius 1 is 1.16 bits per heavy atom. The lowest BCUT2D eigenvalue weighted by molar-refractivity contribution is -0.214. The van der Waals surface area contributed by atoms with Crippen LogP contribution in [0.2, 0.25) is 0 Å². The molecule has 2 aliphatic heterocycles. The summed E-state index contributed by atoms with van der Waals surface area (Å²) in [5.41, 5.74) is 1.01. The predicted octanol–water partition coefficient (Wildman–Crippen LogP) is 3.58. The van der Waals surface area contributed by atoms with Crippen molar-refractivity contribution >= 4 is 6.09 Å². The molecule has 1 aromatic carbocycles. The van der Waals surface area contributed by atoms with Crippen LogP contribution in [0.1, 0.15) is 31.2 Å². The van der Waals surface area contributed by atoms with E-state index >= 15 is 0 Å². The predicted molar refractivity (Wildman–Crippen MR) is 108 cm³/mol. The average Bonchev–Trinajstić information content (AvgIpc) is 2.78. The van der Waals surface area contributed by atoms with Gasteiger partial charge in [-0.3, -0.25) is 4.90 Å². The number of rotatable bonds is 7. The molecule has 2 fully saturated rings. The highest BCUT2D eigenvalue weighted by Crippen LogP contribution is 2.26. The second kappa shape index (κ2) is 11.3. The Morgan fingerprint density at radius 2 is 1.78 bits per heavy atom. The summed E-state index contributed by atoms with van der Waals surface area (Å²) in [5, 5.41) is 8.86. The van der Waals surface area contributed by atoms with Gasteiger partial charge in [0.2, 0.25) is 6.10 Å². The second-order valence-corrected chi connectivity index (χ2v) is 8.43. The molecule has 1 atom stereocenters. The minimum absolute atomic E-state index is 0.276. The molecule has 1 N–H and O–H groups in total. The first-order valence-corrected chi connectivity index (χ1v) is 11.0. The number of carbonyl (C=O) groups excluding carboxylic acids is 1. The van der Waals surface area contributed by atoms with Gasteiger partial charge in [0, 0.05) is 45.4 Å². The minimum Gasteiger partial charge on any atom is -0.434 e. The number of hydrogen-bond donors (Lipinski definition) is 1. The Bertz CT molecular complexity index is 718. The molecule has 1 amide bonds. The van der Waals surface area contributed by atoms with Gasteiger partial charge in [0.15, 0.2) is 0 Å². The van der Waals surface area contributed by atoms with E-state index < -0.39 is 25.0 Å². The zero-order valence-corrected chi connectivity index (χ0v) is 17.9. The van der Waals surface area contributed by atoms with Crippen LogP contribution in [0.15, 0.2) is 24.3 Å². The molecule has 6 nitrogen and oxygen atoms in total. The van der Waals surface area contributed by atoms with Gasteiger partial charge in [-0.1, -0.05) is 12.1 Å². The van der Waals surface area contributed by atoms with E-state index in [4.69, 9.17) is 9.84 Å². The molecule has 0 radical (unpaired) electrons. The fourth-order valence-electron chi connectivity index (χ4n) is 4.25. The standard InChI is InChI=1S/C22H30F4N2O4/c23-18-3-1-16(2-4-18)13-28(19-7-11-31-12-8-19)14-17-5-9-27(10-6-17)21(30)32-20(15-29)22(24,25)26/h1-4,17,19-20,29H,5-15H2/t20-/m1/s1. The lowest BCUT2D eigenvalue weighted by Crippen LogP contribution is -2.47. The first-order valence-electron chi connectivity index (χ1n) is 11.0. The summed E-state index contributed by atoms with van der Waals surface area (Å²) in [6.45, 7) is 2.16. The molecule has 0 aliphatic carbocycles. The van der Waals surface area contributed by atoms with Crippen molar-refractivity contribution in [3.63, 3.8) is 0 Å². The number of amides is 1. The molecular formula is C22H30F4N2O4. The van der Waals surface area contributed by atoms with E-state index in [1.807, 2.05) is 0 Å². The molecule has 0 aromatic heterocycles. The number of carbonyl (C=O) groups is 1. The molecule has 3 rings (SSSR count). The van der Waals surface area contributed by atoms with E-state index in [9.17, 15) is 22.4 Å². The van der Waals surface area contributed by atoms with E-state index in [1.54, 1.807) is 12.1 Å². The Kier molecular flexibility index (Phi) is 8.72. The van der Waals surface area contributed by atoms with E-state index in [0.29, 0.717) is 51.7 Å². The Labute approximate surface area is 185 Å². The fourth-order valence-corrected chi connectivity index (χ4v) is 4.25. The number of piperidine rings is 1. The number of aliphatic hydroxyl groups excluding tert-OH is 1. The van der Waals surface area contributed by atoms with Crippen molar-refractivity contribution in [2.75, 3.05) is 39.5 Å². The van der Waals surface area contributed by atoms with E-state index in [1.165, 1.54) is 17.0 Å². The topological polar surface area (TPSA) is 62.2 Å². The Morgan fingerprint density at radius 3 is 2.34 bits per heavy atom. The molecule has 0 saturated carbocycles.